The molecular weight excluding hydrogens is 200 g/mol. The summed E-state index contributed by atoms with van der Waals surface area (Å²) >= 11 is 0. The number of hydrogen-bond donors (Lipinski definition) is 1. The van der Waals surface area contributed by atoms with E-state index >= 15 is 0 Å². The Balaban J connectivity index is 1.91. The molecule has 1 saturated heterocycles. The minimum absolute atomic E-state index is 0.00324. The molecule has 16 heavy (non-hydrogen) atoms. The fourth-order valence-electron chi connectivity index (χ4n) is 2.30. The van der Waals surface area contributed by atoms with E-state index in [0.717, 1.165) is 25.8 Å². The van der Waals surface area contributed by atoms with Crippen molar-refractivity contribution in [3.63, 3.8) is 0 Å². The molecule has 0 aromatic heterocycles. The van der Waals surface area contributed by atoms with Gasteiger partial charge in [-0.25, -0.2) is 0 Å². The van der Waals surface area contributed by atoms with Crippen molar-refractivity contribution in [1.29, 1.82) is 0 Å². The summed E-state index contributed by atoms with van der Waals surface area (Å²) in [5, 5.41) is 3.39. The summed E-state index contributed by atoms with van der Waals surface area (Å²) < 4.78 is 0. The standard InChI is InChI=1S/C13H20N2O/c1-3-5-11(4-2)15-9-8-12(13(15)16)14-10-6-7-10/h2,10-12,14H,3,5-9H2,1H3. The highest BCUT2D eigenvalue weighted by molar-refractivity contribution is 5.84. The van der Waals surface area contributed by atoms with Crippen molar-refractivity contribution in [3.05, 3.63) is 0 Å². The van der Waals surface area contributed by atoms with Gasteiger partial charge in [-0.3, -0.25) is 4.79 Å². The van der Waals surface area contributed by atoms with Crippen molar-refractivity contribution in [2.45, 2.75) is 57.2 Å². The maximum absolute atomic E-state index is 12.1. The van der Waals surface area contributed by atoms with Crippen molar-refractivity contribution in [1.82, 2.24) is 10.2 Å². The van der Waals surface area contributed by atoms with Gasteiger partial charge in [0.25, 0.3) is 0 Å². The summed E-state index contributed by atoms with van der Waals surface area (Å²) in [4.78, 5) is 14.0. The zero-order valence-corrected chi connectivity index (χ0v) is 9.91. The van der Waals surface area contributed by atoms with Gasteiger partial charge >= 0.3 is 0 Å². The van der Waals surface area contributed by atoms with Gasteiger partial charge in [0.2, 0.25) is 5.91 Å². The number of terminal acetylenes is 1. The average Bonchev–Trinajstić information content (AvgIpc) is 3.03. The molecule has 1 aliphatic carbocycles. The van der Waals surface area contributed by atoms with E-state index in [9.17, 15) is 4.79 Å². The minimum atomic E-state index is 0.00324. The van der Waals surface area contributed by atoms with Gasteiger partial charge in [-0.15, -0.1) is 6.42 Å². The molecule has 0 aromatic rings. The van der Waals surface area contributed by atoms with E-state index in [-0.39, 0.29) is 18.0 Å². The molecule has 3 heteroatoms. The van der Waals surface area contributed by atoms with Crippen LogP contribution in [0.4, 0.5) is 0 Å². The predicted molar refractivity (Wildman–Crippen MR) is 63.8 cm³/mol. The van der Waals surface area contributed by atoms with Gasteiger partial charge in [-0.05, 0) is 25.7 Å². The molecule has 1 amide bonds. The number of carbonyl (C=O) groups excluding carboxylic acids is 1. The molecule has 0 spiro atoms. The zero-order chi connectivity index (χ0) is 11.5. The number of likely N-dealkylation sites (tertiary alicyclic amines) is 1. The molecule has 0 aromatic carbocycles. The smallest absolute Gasteiger partial charge is 0.240 e. The molecule has 3 nitrogen and oxygen atoms in total. The van der Waals surface area contributed by atoms with E-state index in [1.165, 1.54) is 12.8 Å². The lowest BCUT2D eigenvalue weighted by atomic mass is 10.1. The Morgan fingerprint density at radius 2 is 2.31 bits per heavy atom. The van der Waals surface area contributed by atoms with E-state index in [4.69, 9.17) is 6.42 Å². The van der Waals surface area contributed by atoms with Crippen LogP contribution in [0.25, 0.3) is 0 Å². The number of nitrogens with zero attached hydrogens (tertiary/aromatic N) is 1. The van der Waals surface area contributed by atoms with Crippen LogP contribution in [0, 0.1) is 12.3 Å². The van der Waals surface area contributed by atoms with Crippen LogP contribution in [0.2, 0.25) is 0 Å². The third-order valence-corrected chi connectivity index (χ3v) is 3.38. The molecule has 2 fully saturated rings. The summed E-state index contributed by atoms with van der Waals surface area (Å²) in [6.07, 6.45) is 10.8. The van der Waals surface area contributed by atoms with Crippen molar-refractivity contribution < 1.29 is 4.79 Å². The van der Waals surface area contributed by atoms with Crippen molar-refractivity contribution in [3.8, 4) is 12.3 Å². The highest BCUT2D eigenvalue weighted by Crippen LogP contribution is 2.24. The second kappa shape index (κ2) is 4.88. The SMILES string of the molecule is C#CC(CCC)N1CCC(NC2CC2)C1=O. The van der Waals surface area contributed by atoms with E-state index in [1.54, 1.807) is 0 Å². The number of rotatable bonds is 5. The first-order chi connectivity index (χ1) is 7.76. The Labute approximate surface area is 97.6 Å². The van der Waals surface area contributed by atoms with Gasteiger partial charge in [0, 0.05) is 12.6 Å². The molecule has 2 aliphatic rings. The van der Waals surface area contributed by atoms with Crippen LogP contribution in [0.15, 0.2) is 0 Å². The van der Waals surface area contributed by atoms with Gasteiger partial charge in [-0.1, -0.05) is 19.3 Å². The number of carbonyl (C=O) groups is 1. The number of nitrogens with one attached hydrogen (secondary N) is 1. The molecule has 1 heterocycles. The second-order valence-electron chi connectivity index (χ2n) is 4.78. The topological polar surface area (TPSA) is 32.3 Å². The van der Waals surface area contributed by atoms with Crippen LogP contribution in [0.5, 0.6) is 0 Å². The van der Waals surface area contributed by atoms with Gasteiger partial charge < -0.3 is 10.2 Å². The van der Waals surface area contributed by atoms with Gasteiger partial charge in [-0.2, -0.15) is 0 Å². The summed E-state index contributed by atoms with van der Waals surface area (Å²) in [7, 11) is 0. The fourth-order valence-corrected chi connectivity index (χ4v) is 2.30. The molecule has 2 atom stereocenters. The van der Waals surface area contributed by atoms with Gasteiger partial charge in [0.05, 0.1) is 12.1 Å². The normalized spacial score (nSPS) is 26.9. The summed E-state index contributed by atoms with van der Waals surface area (Å²) in [6, 6.07) is 0.619. The predicted octanol–water partition coefficient (Wildman–Crippen LogP) is 1.14. The highest BCUT2D eigenvalue weighted by atomic mass is 16.2. The lowest BCUT2D eigenvalue weighted by molar-refractivity contribution is -0.130. The van der Waals surface area contributed by atoms with Crippen LogP contribution >= 0.6 is 0 Å². The van der Waals surface area contributed by atoms with Crippen LogP contribution in [-0.2, 0) is 4.79 Å². The van der Waals surface area contributed by atoms with Crippen LogP contribution in [0.3, 0.4) is 0 Å². The first-order valence-electron chi connectivity index (χ1n) is 6.29. The molecule has 1 N–H and O–H groups in total. The van der Waals surface area contributed by atoms with E-state index in [0.29, 0.717) is 6.04 Å². The van der Waals surface area contributed by atoms with Crippen LogP contribution in [-0.4, -0.2) is 35.5 Å². The molecule has 2 unspecified atom stereocenters. The van der Waals surface area contributed by atoms with Crippen LogP contribution in [0.1, 0.15) is 39.0 Å². The molecular formula is C13H20N2O. The number of amides is 1. The van der Waals surface area contributed by atoms with Gasteiger partial charge in [0.1, 0.15) is 0 Å². The highest BCUT2D eigenvalue weighted by Gasteiger charge is 2.37. The third-order valence-electron chi connectivity index (χ3n) is 3.38. The largest absolute Gasteiger partial charge is 0.327 e. The Kier molecular flexibility index (Phi) is 3.50. The lowest BCUT2D eigenvalue weighted by Gasteiger charge is -2.23. The summed E-state index contributed by atoms with van der Waals surface area (Å²) in [5.41, 5.74) is 0. The maximum Gasteiger partial charge on any atom is 0.240 e. The van der Waals surface area contributed by atoms with Crippen LogP contribution < -0.4 is 5.32 Å². The Morgan fingerprint density at radius 1 is 1.56 bits per heavy atom. The second-order valence-corrected chi connectivity index (χ2v) is 4.78. The third kappa shape index (κ3) is 2.38. The van der Waals surface area contributed by atoms with E-state index in [1.807, 2.05) is 4.90 Å². The first kappa shape index (κ1) is 11.5. The zero-order valence-electron chi connectivity index (χ0n) is 9.91. The Bertz CT molecular complexity index is 304. The first-order valence-corrected chi connectivity index (χ1v) is 6.29. The summed E-state index contributed by atoms with van der Waals surface area (Å²) in [5.74, 6) is 2.95. The van der Waals surface area contributed by atoms with E-state index < -0.39 is 0 Å². The molecule has 0 radical (unpaired) electrons. The number of hydrogen-bond acceptors (Lipinski definition) is 2. The monoisotopic (exact) mass is 220 g/mol. The lowest BCUT2D eigenvalue weighted by Crippen LogP contribution is -2.43. The average molecular weight is 220 g/mol. The van der Waals surface area contributed by atoms with Crippen molar-refractivity contribution in [2.24, 2.45) is 0 Å². The molecule has 0 bridgehead atoms. The maximum atomic E-state index is 12.1. The van der Waals surface area contributed by atoms with Crippen molar-refractivity contribution in [2.75, 3.05) is 6.54 Å². The Morgan fingerprint density at radius 3 is 2.88 bits per heavy atom. The van der Waals surface area contributed by atoms with Gasteiger partial charge in [0.15, 0.2) is 0 Å². The summed E-state index contributed by atoms with van der Waals surface area (Å²) in [6.45, 7) is 2.92. The molecule has 2 rings (SSSR count). The Hall–Kier alpha value is -1.01. The molecule has 1 saturated carbocycles. The quantitative estimate of drug-likeness (QED) is 0.705. The molecule has 1 aliphatic heterocycles. The minimum Gasteiger partial charge on any atom is -0.327 e. The fraction of sp³-hybridized carbons (Fsp3) is 0.769. The van der Waals surface area contributed by atoms with Crippen molar-refractivity contribution >= 4 is 5.91 Å². The molecule has 88 valence electrons. The van der Waals surface area contributed by atoms with E-state index in [2.05, 4.69) is 18.2 Å².